The fourth-order valence-corrected chi connectivity index (χ4v) is 3.15. The molecule has 0 heterocycles. The van der Waals surface area contributed by atoms with Crippen molar-refractivity contribution in [3.05, 3.63) is 96.3 Å². The van der Waals surface area contributed by atoms with Crippen LogP contribution in [-0.2, 0) is 11.3 Å². The summed E-state index contributed by atoms with van der Waals surface area (Å²) < 4.78 is 18.6. The Labute approximate surface area is 177 Å². The van der Waals surface area contributed by atoms with Crippen molar-refractivity contribution in [1.82, 2.24) is 4.90 Å². The van der Waals surface area contributed by atoms with E-state index in [2.05, 4.69) is 0 Å². The highest BCUT2D eigenvalue weighted by Gasteiger charge is 2.17. The standard InChI is InChI=1S/C25H27FN2O2/c1-27(17-8-18-30-24-15-13-22(26)14-16-24)20-25(29)28(23-11-6-3-7-12-23)19-21-9-4-2-5-10-21/h2-7,9-16H,8,17-20H2,1H3. The quantitative estimate of drug-likeness (QED) is 0.455. The van der Waals surface area contributed by atoms with Gasteiger partial charge in [0.15, 0.2) is 0 Å². The molecule has 0 fully saturated rings. The number of likely N-dealkylation sites (N-methyl/N-ethyl adjacent to an activating group) is 1. The van der Waals surface area contributed by atoms with Crippen LogP contribution >= 0.6 is 0 Å². The van der Waals surface area contributed by atoms with Gasteiger partial charge in [0, 0.05) is 12.2 Å². The van der Waals surface area contributed by atoms with Crippen molar-refractivity contribution in [3.8, 4) is 5.75 Å². The number of carbonyl (C=O) groups excluding carboxylic acids is 1. The van der Waals surface area contributed by atoms with Crippen LogP contribution in [0.15, 0.2) is 84.9 Å². The minimum Gasteiger partial charge on any atom is -0.494 e. The lowest BCUT2D eigenvalue weighted by molar-refractivity contribution is -0.119. The van der Waals surface area contributed by atoms with E-state index in [-0.39, 0.29) is 11.7 Å². The van der Waals surface area contributed by atoms with Crippen molar-refractivity contribution in [2.45, 2.75) is 13.0 Å². The van der Waals surface area contributed by atoms with Crippen LogP contribution in [0.4, 0.5) is 10.1 Å². The SMILES string of the molecule is CN(CCCOc1ccc(F)cc1)CC(=O)N(Cc1ccccc1)c1ccccc1. The van der Waals surface area contributed by atoms with E-state index in [0.29, 0.717) is 25.4 Å². The molecular weight excluding hydrogens is 379 g/mol. The number of hydrogen-bond acceptors (Lipinski definition) is 3. The summed E-state index contributed by atoms with van der Waals surface area (Å²) in [7, 11) is 1.93. The second-order valence-electron chi connectivity index (χ2n) is 7.19. The van der Waals surface area contributed by atoms with Crippen LogP contribution in [0.3, 0.4) is 0 Å². The number of anilines is 1. The summed E-state index contributed by atoms with van der Waals surface area (Å²) in [5, 5.41) is 0. The van der Waals surface area contributed by atoms with Gasteiger partial charge in [-0.15, -0.1) is 0 Å². The second kappa shape index (κ2) is 11.1. The molecule has 0 radical (unpaired) electrons. The van der Waals surface area contributed by atoms with Crippen LogP contribution in [0.5, 0.6) is 5.75 Å². The van der Waals surface area contributed by atoms with E-state index in [9.17, 15) is 9.18 Å². The minimum absolute atomic E-state index is 0.0482. The lowest BCUT2D eigenvalue weighted by Crippen LogP contribution is -2.39. The van der Waals surface area contributed by atoms with Gasteiger partial charge >= 0.3 is 0 Å². The Bertz CT molecular complexity index is 901. The first-order valence-corrected chi connectivity index (χ1v) is 10.1. The highest BCUT2D eigenvalue weighted by Crippen LogP contribution is 2.17. The van der Waals surface area contributed by atoms with Crippen LogP contribution in [-0.4, -0.2) is 37.6 Å². The number of rotatable bonds is 10. The molecule has 156 valence electrons. The van der Waals surface area contributed by atoms with E-state index in [0.717, 1.165) is 24.2 Å². The summed E-state index contributed by atoms with van der Waals surface area (Å²) in [5.41, 5.74) is 1.98. The zero-order valence-corrected chi connectivity index (χ0v) is 17.2. The number of hydrogen-bond donors (Lipinski definition) is 0. The topological polar surface area (TPSA) is 32.8 Å². The highest BCUT2D eigenvalue weighted by molar-refractivity contribution is 5.94. The van der Waals surface area contributed by atoms with Crippen molar-refractivity contribution in [1.29, 1.82) is 0 Å². The number of ether oxygens (including phenoxy) is 1. The van der Waals surface area contributed by atoms with Gasteiger partial charge < -0.3 is 9.64 Å². The van der Waals surface area contributed by atoms with Crippen LogP contribution in [0.2, 0.25) is 0 Å². The summed E-state index contributed by atoms with van der Waals surface area (Å²) in [4.78, 5) is 16.9. The zero-order chi connectivity index (χ0) is 21.2. The first-order valence-electron chi connectivity index (χ1n) is 10.1. The van der Waals surface area contributed by atoms with Gasteiger partial charge in [-0.1, -0.05) is 48.5 Å². The lowest BCUT2D eigenvalue weighted by Gasteiger charge is -2.26. The highest BCUT2D eigenvalue weighted by atomic mass is 19.1. The Balaban J connectivity index is 1.52. The Morgan fingerprint density at radius 1 is 0.900 bits per heavy atom. The average molecular weight is 407 g/mol. The number of halogens is 1. The Morgan fingerprint density at radius 3 is 2.20 bits per heavy atom. The Kier molecular flexibility index (Phi) is 7.98. The maximum absolute atomic E-state index is 13.1. The van der Waals surface area contributed by atoms with Gasteiger partial charge in [0.25, 0.3) is 0 Å². The molecule has 3 aromatic carbocycles. The van der Waals surface area contributed by atoms with Crippen LogP contribution < -0.4 is 9.64 Å². The van der Waals surface area contributed by atoms with Crippen molar-refractivity contribution in [2.75, 3.05) is 31.6 Å². The maximum Gasteiger partial charge on any atom is 0.241 e. The predicted molar refractivity (Wildman–Crippen MR) is 118 cm³/mol. The molecule has 5 heteroatoms. The van der Waals surface area contributed by atoms with Crippen LogP contribution in [0, 0.1) is 5.82 Å². The van der Waals surface area contributed by atoms with Gasteiger partial charge in [-0.2, -0.15) is 0 Å². The summed E-state index contributed by atoms with van der Waals surface area (Å²) >= 11 is 0. The molecular formula is C25H27FN2O2. The molecule has 1 amide bonds. The third-order valence-corrected chi connectivity index (χ3v) is 4.72. The summed E-state index contributed by atoms with van der Waals surface area (Å²) in [6.45, 7) is 2.08. The number of amides is 1. The van der Waals surface area contributed by atoms with Gasteiger partial charge in [-0.05, 0) is 55.4 Å². The van der Waals surface area contributed by atoms with Crippen molar-refractivity contribution < 1.29 is 13.9 Å². The number of para-hydroxylation sites is 1. The molecule has 0 spiro atoms. The van der Waals surface area contributed by atoms with Gasteiger partial charge in [0.1, 0.15) is 11.6 Å². The Hall–Kier alpha value is -3.18. The molecule has 0 saturated heterocycles. The summed E-state index contributed by atoms with van der Waals surface area (Å²) in [5.74, 6) is 0.416. The van der Waals surface area contributed by atoms with Gasteiger partial charge in [0.2, 0.25) is 5.91 Å². The smallest absolute Gasteiger partial charge is 0.241 e. The monoisotopic (exact) mass is 406 g/mol. The van der Waals surface area contributed by atoms with E-state index in [1.165, 1.54) is 12.1 Å². The van der Waals surface area contributed by atoms with Crippen molar-refractivity contribution >= 4 is 11.6 Å². The first kappa shape index (κ1) is 21.5. The molecule has 0 aliphatic heterocycles. The van der Waals surface area contributed by atoms with E-state index in [1.54, 1.807) is 12.1 Å². The zero-order valence-electron chi connectivity index (χ0n) is 17.2. The molecule has 0 atom stereocenters. The molecule has 0 aliphatic carbocycles. The van der Waals surface area contributed by atoms with Crippen LogP contribution in [0.1, 0.15) is 12.0 Å². The molecule has 3 aromatic rings. The molecule has 4 nitrogen and oxygen atoms in total. The summed E-state index contributed by atoms with van der Waals surface area (Å²) in [6.07, 6.45) is 0.769. The average Bonchev–Trinajstić information content (AvgIpc) is 2.77. The van der Waals surface area contributed by atoms with Gasteiger partial charge in [0.05, 0.1) is 19.7 Å². The fraction of sp³-hybridized carbons (Fsp3) is 0.240. The van der Waals surface area contributed by atoms with E-state index >= 15 is 0 Å². The van der Waals surface area contributed by atoms with Crippen LogP contribution in [0.25, 0.3) is 0 Å². The maximum atomic E-state index is 13.1. The van der Waals surface area contributed by atoms with Crippen molar-refractivity contribution in [2.24, 2.45) is 0 Å². The molecule has 0 saturated carbocycles. The molecule has 30 heavy (non-hydrogen) atoms. The molecule has 0 aromatic heterocycles. The predicted octanol–water partition coefficient (Wildman–Crippen LogP) is 4.76. The number of benzene rings is 3. The first-order chi connectivity index (χ1) is 14.6. The third kappa shape index (κ3) is 6.71. The van der Waals surface area contributed by atoms with Gasteiger partial charge in [-0.3, -0.25) is 9.69 Å². The third-order valence-electron chi connectivity index (χ3n) is 4.72. The van der Waals surface area contributed by atoms with E-state index in [1.807, 2.05) is 77.5 Å². The minimum atomic E-state index is -0.279. The lowest BCUT2D eigenvalue weighted by atomic mass is 10.2. The largest absolute Gasteiger partial charge is 0.494 e. The van der Waals surface area contributed by atoms with Crippen molar-refractivity contribution in [3.63, 3.8) is 0 Å². The second-order valence-corrected chi connectivity index (χ2v) is 7.19. The molecule has 0 unspecified atom stereocenters. The number of nitrogens with zero attached hydrogens (tertiary/aromatic N) is 2. The molecule has 0 aliphatic rings. The van der Waals surface area contributed by atoms with Gasteiger partial charge in [-0.25, -0.2) is 4.39 Å². The van der Waals surface area contributed by atoms with E-state index < -0.39 is 0 Å². The number of carbonyl (C=O) groups is 1. The summed E-state index contributed by atoms with van der Waals surface area (Å²) in [6, 6.07) is 25.7. The van der Waals surface area contributed by atoms with E-state index in [4.69, 9.17) is 4.74 Å². The Morgan fingerprint density at radius 2 is 1.53 bits per heavy atom. The molecule has 3 rings (SSSR count). The molecule has 0 bridgehead atoms. The normalized spacial score (nSPS) is 10.8. The molecule has 0 N–H and O–H groups in total. The fourth-order valence-electron chi connectivity index (χ4n) is 3.15.